The lowest BCUT2D eigenvalue weighted by atomic mass is 10.0. The van der Waals surface area contributed by atoms with Gasteiger partial charge in [-0.3, -0.25) is 4.68 Å². The van der Waals surface area contributed by atoms with Gasteiger partial charge in [-0.15, -0.1) is 5.10 Å². The molecule has 21 heavy (non-hydrogen) atoms. The number of hydrogen-bond acceptors (Lipinski definition) is 5. The highest BCUT2D eigenvalue weighted by atomic mass is 15.4. The molecule has 0 radical (unpaired) electrons. The molecule has 1 aliphatic rings. The fourth-order valence-corrected chi connectivity index (χ4v) is 2.80. The molecule has 0 unspecified atom stereocenters. The van der Waals surface area contributed by atoms with Crippen molar-refractivity contribution >= 4 is 0 Å². The Morgan fingerprint density at radius 1 is 1.38 bits per heavy atom. The fraction of sp³-hybridized carbons (Fsp3) is 0.867. The van der Waals surface area contributed by atoms with E-state index < -0.39 is 0 Å². The Morgan fingerprint density at radius 2 is 2.14 bits per heavy atom. The molecule has 1 aliphatic heterocycles. The second kappa shape index (κ2) is 8.46. The van der Waals surface area contributed by atoms with Crippen molar-refractivity contribution < 1.29 is 0 Å². The quantitative estimate of drug-likeness (QED) is 0.719. The van der Waals surface area contributed by atoms with E-state index >= 15 is 0 Å². The minimum atomic E-state index is 0.718. The molecule has 1 N–H and O–H groups in total. The maximum atomic E-state index is 4.22. The number of nitrogens with zero attached hydrogens (tertiary/aromatic N) is 5. The highest BCUT2D eigenvalue weighted by Crippen LogP contribution is 2.13. The van der Waals surface area contributed by atoms with E-state index in [1.54, 1.807) is 0 Å². The molecular weight excluding hydrogens is 264 g/mol. The molecule has 120 valence electrons. The lowest BCUT2D eigenvalue weighted by Gasteiger charge is -2.35. The maximum absolute atomic E-state index is 4.22. The van der Waals surface area contributed by atoms with Crippen LogP contribution >= 0.6 is 0 Å². The number of piperidine rings is 1. The van der Waals surface area contributed by atoms with Crippen LogP contribution in [-0.2, 0) is 13.1 Å². The van der Waals surface area contributed by atoms with Gasteiger partial charge in [0.05, 0.1) is 12.2 Å². The van der Waals surface area contributed by atoms with E-state index in [4.69, 9.17) is 0 Å². The summed E-state index contributed by atoms with van der Waals surface area (Å²) in [6, 6.07) is 0.718. The van der Waals surface area contributed by atoms with Crippen LogP contribution in [0.3, 0.4) is 0 Å². The van der Waals surface area contributed by atoms with Crippen molar-refractivity contribution in [1.29, 1.82) is 0 Å². The minimum Gasteiger partial charge on any atom is -0.311 e. The summed E-state index contributed by atoms with van der Waals surface area (Å²) in [5.74, 6) is 0. The molecule has 0 aromatic carbocycles. The molecule has 1 aromatic rings. The monoisotopic (exact) mass is 294 g/mol. The Labute approximate surface area is 128 Å². The number of nitrogens with one attached hydrogen (secondary N) is 1. The first-order valence-electron chi connectivity index (χ1n) is 8.17. The van der Waals surface area contributed by atoms with E-state index in [9.17, 15) is 0 Å². The predicted molar refractivity (Wildman–Crippen MR) is 85.2 cm³/mol. The Balaban J connectivity index is 1.70. The molecule has 0 spiro atoms. The van der Waals surface area contributed by atoms with E-state index in [0.717, 1.165) is 44.3 Å². The molecular formula is C15H30N6. The third-order valence-electron chi connectivity index (χ3n) is 4.31. The van der Waals surface area contributed by atoms with Crippen LogP contribution in [0.4, 0.5) is 0 Å². The zero-order valence-electron chi connectivity index (χ0n) is 13.8. The summed E-state index contributed by atoms with van der Waals surface area (Å²) in [5.41, 5.74) is 1.03. The Kier molecular flexibility index (Phi) is 6.60. The van der Waals surface area contributed by atoms with Gasteiger partial charge in [-0.1, -0.05) is 12.1 Å². The first kappa shape index (κ1) is 16.4. The molecule has 0 atom stereocenters. The van der Waals surface area contributed by atoms with Gasteiger partial charge in [0.1, 0.15) is 0 Å². The molecule has 1 aromatic heterocycles. The average Bonchev–Trinajstić information content (AvgIpc) is 2.94. The van der Waals surface area contributed by atoms with Crippen molar-refractivity contribution in [3.63, 3.8) is 0 Å². The molecule has 0 amide bonds. The van der Waals surface area contributed by atoms with Crippen molar-refractivity contribution in [1.82, 2.24) is 30.1 Å². The third-order valence-corrected chi connectivity index (χ3v) is 4.31. The fourth-order valence-electron chi connectivity index (χ4n) is 2.80. The molecule has 0 saturated carbocycles. The van der Waals surface area contributed by atoms with Gasteiger partial charge in [0.2, 0.25) is 0 Å². The summed E-state index contributed by atoms with van der Waals surface area (Å²) in [6.45, 7) is 8.41. The third kappa shape index (κ3) is 5.37. The van der Waals surface area contributed by atoms with Crippen LogP contribution < -0.4 is 5.32 Å². The SMILES string of the molecule is CCCNCc1cn(CCN(C)C2CCN(C)CC2)nn1. The van der Waals surface area contributed by atoms with Crippen molar-refractivity contribution in [2.75, 3.05) is 40.3 Å². The zero-order chi connectivity index (χ0) is 15.1. The molecule has 6 heteroatoms. The van der Waals surface area contributed by atoms with Gasteiger partial charge in [0.15, 0.2) is 0 Å². The maximum Gasteiger partial charge on any atom is 0.0964 e. The van der Waals surface area contributed by atoms with Crippen molar-refractivity contribution in [2.24, 2.45) is 0 Å². The number of likely N-dealkylation sites (tertiary alicyclic amines) is 1. The number of rotatable bonds is 8. The number of aromatic nitrogens is 3. The molecule has 1 saturated heterocycles. The van der Waals surface area contributed by atoms with E-state index in [0.29, 0.717) is 0 Å². The Bertz CT molecular complexity index is 397. The van der Waals surface area contributed by atoms with Crippen LogP contribution in [-0.4, -0.2) is 71.1 Å². The van der Waals surface area contributed by atoms with E-state index in [-0.39, 0.29) is 0 Å². The predicted octanol–water partition coefficient (Wildman–Crippen LogP) is 0.804. The smallest absolute Gasteiger partial charge is 0.0964 e. The first-order chi connectivity index (χ1) is 10.2. The highest BCUT2D eigenvalue weighted by Gasteiger charge is 2.20. The standard InChI is InChI=1S/C15H30N6/c1-4-7-16-12-14-13-21(18-17-14)11-10-20(3)15-5-8-19(2)9-6-15/h13,15-16H,4-12H2,1-3H3. The van der Waals surface area contributed by atoms with Gasteiger partial charge in [0.25, 0.3) is 0 Å². The topological polar surface area (TPSA) is 49.2 Å². The van der Waals surface area contributed by atoms with Crippen LogP contribution in [0.1, 0.15) is 31.9 Å². The highest BCUT2D eigenvalue weighted by molar-refractivity contribution is 4.91. The van der Waals surface area contributed by atoms with Gasteiger partial charge < -0.3 is 15.1 Å². The molecule has 1 fully saturated rings. The Morgan fingerprint density at radius 3 is 2.86 bits per heavy atom. The summed E-state index contributed by atoms with van der Waals surface area (Å²) < 4.78 is 1.97. The minimum absolute atomic E-state index is 0.718. The molecule has 2 rings (SSSR count). The normalized spacial score (nSPS) is 17.7. The van der Waals surface area contributed by atoms with E-state index in [2.05, 4.69) is 52.6 Å². The molecule has 0 aliphatic carbocycles. The van der Waals surface area contributed by atoms with Gasteiger partial charge in [-0.05, 0) is 53.0 Å². The van der Waals surface area contributed by atoms with Crippen LogP contribution in [0.15, 0.2) is 6.20 Å². The summed E-state index contributed by atoms with van der Waals surface area (Å²) >= 11 is 0. The number of hydrogen-bond donors (Lipinski definition) is 1. The van der Waals surface area contributed by atoms with Gasteiger partial charge in [-0.25, -0.2) is 0 Å². The van der Waals surface area contributed by atoms with Crippen LogP contribution in [0, 0.1) is 0 Å². The van der Waals surface area contributed by atoms with Crippen LogP contribution in [0.5, 0.6) is 0 Å². The van der Waals surface area contributed by atoms with E-state index in [1.807, 2.05) is 4.68 Å². The van der Waals surface area contributed by atoms with E-state index in [1.165, 1.54) is 25.9 Å². The summed E-state index contributed by atoms with van der Waals surface area (Å²) in [6.07, 6.45) is 5.76. The Hall–Kier alpha value is -0.980. The van der Waals surface area contributed by atoms with Crippen molar-refractivity contribution in [3.8, 4) is 0 Å². The molecule has 0 bridgehead atoms. The number of likely N-dealkylation sites (N-methyl/N-ethyl adjacent to an activating group) is 1. The summed E-state index contributed by atoms with van der Waals surface area (Å²) in [7, 11) is 4.44. The zero-order valence-corrected chi connectivity index (χ0v) is 13.8. The second-order valence-electron chi connectivity index (χ2n) is 6.16. The van der Waals surface area contributed by atoms with Gasteiger partial charge in [0, 0.05) is 25.3 Å². The van der Waals surface area contributed by atoms with Crippen LogP contribution in [0.2, 0.25) is 0 Å². The summed E-state index contributed by atoms with van der Waals surface area (Å²) in [4.78, 5) is 4.89. The van der Waals surface area contributed by atoms with Gasteiger partial charge >= 0.3 is 0 Å². The largest absolute Gasteiger partial charge is 0.311 e. The first-order valence-corrected chi connectivity index (χ1v) is 8.17. The second-order valence-corrected chi connectivity index (χ2v) is 6.16. The van der Waals surface area contributed by atoms with Gasteiger partial charge in [-0.2, -0.15) is 0 Å². The summed E-state index contributed by atoms with van der Waals surface area (Å²) in [5, 5.41) is 11.8. The van der Waals surface area contributed by atoms with Crippen molar-refractivity contribution in [2.45, 2.75) is 45.3 Å². The molecule has 2 heterocycles. The average molecular weight is 294 g/mol. The van der Waals surface area contributed by atoms with Crippen LogP contribution in [0.25, 0.3) is 0 Å². The lowest BCUT2D eigenvalue weighted by molar-refractivity contribution is 0.140. The molecule has 6 nitrogen and oxygen atoms in total. The van der Waals surface area contributed by atoms with Crippen molar-refractivity contribution in [3.05, 3.63) is 11.9 Å². The lowest BCUT2D eigenvalue weighted by Crippen LogP contribution is -2.42.